The first-order valence-electron chi connectivity index (χ1n) is 4.96. The van der Waals surface area contributed by atoms with E-state index < -0.39 is 6.10 Å². The molecule has 3 nitrogen and oxygen atoms in total. The normalized spacial score (nSPS) is 12.4. The lowest BCUT2D eigenvalue weighted by molar-refractivity contribution is 0.217. The third-order valence-electron chi connectivity index (χ3n) is 2.27. The van der Waals surface area contributed by atoms with Gasteiger partial charge in [0.15, 0.2) is 0 Å². The standard InChI is InChI=1S/C12H13NO2S/c1-8-6-7-10(16-8)12(14)9-4-3-5-11(13-9)15-2/h3-7,12,14H,1-2H3. The molecular weight excluding hydrogens is 222 g/mol. The first kappa shape index (κ1) is 11.1. The first-order chi connectivity index (χ1) is 7.70. The lowest BCUT2D eigenvalue weighted by atomic mass is 10.2. The van der Waals surface area contributed by atoms with Crippen molar-refractivity contribution in [2.75, 3.05) is 7.11 Å². The zero-order chi connectivity index (χ0) is 11.5. The lowest BCUT2D eigenvalue weighted by Crippen LogP contribution is -2.01. The smallest absolute Gasteiger partial charge is 0.213 e. The van der Waals surface area contributed by atoms with Crippen molar-refractivity contribution in [3.05, 3.63) is 45.8 Å². The Labute approximate surface area is 98.4 Å². The summed E-state index contributed by atoms with van der Waals surface area (Å²) in [5.41, 5.74) is 0.612. The van der Waals surface area contributed by atoms with Crippen LogP contribution in [0, 0.1) is 6.92 Å². The van der Waals surface area contributed by atoms with Gasteiger partial charge in [-0.1, -0.05) is 6.07 Å². The number of rotatable bonds is 3. The molecule has 0 saturated heterocycles. The van der Waals surface area contributed by atoms with Crippen molar-refractivity contribution in [3.8, 4) is 5.88 Å². The van der Waals surface area contributed by atoms with Gasteiger partial charge in [-0.15, -0.1) is 11.3 Å². The topological polar surface area (TPSA) is 42.4 Å². The second-order valence-corrected chi connectivity index (χ2v) is 4.78. The number of ether oxygens (including phenoxy) is 1. The zero-order valence-corrected chi connectivity index (χ0v) is 9.99. The van der Waals surface area contributed by atoms with E-state index in [1.165, 1.54) is 4.88 Å². The van der Waals surface area contributed by atoms with E-state index in [9.17, 15) is 5.11 Å². The summed E-state index contributed by atoms with van der Waals surface area (Å²) < 4.78 is 5.03. The maximum atomic E-state index is 10.1. The van der Waals surface area contributed by atoms with Gasteiger partial charge in [0, 0.05) is 15.8 Å². The SMILES string of the molecule is COc1cccc(C(O)c2ccc(C)s2)n1. The van der Waals surface area contributed by atoms with E-state index in [4.69, 9.17) is 4.74 Å². The number of methoxy groups -OCH3 is 1. The number of pyridine rings is 1. The van der Waals surface area contributed by atoms with Crippen molar-refractivity contribution in [2.45, 2.75) is 13.0 Å². The Morgan fingerprint density at radius 2 is 2.12 bits per heavy atom. The lowest BCUT2D eigenvalue weighted by Gasteiger charge is -2.08. The Balaban J connectivity index is 2.29. The molecule has 4 heteroatoms. The molecule has 84 valence electrons. The summed E-state index contributed by atoms with van der Waals surface area (Å²) in [5.74, 6) is 0.518. The van der Waals surface area contributed by atoms with Crippen LogP contribution >= 0.6 is 11.3 Å². The predicted molar refractivity (Wildman–Crippen MR) is 63.9 cm³/mol. The van der Waals surface area contributed by atoms with E-state index in [2.05, 4.69) is 4.98 Å². The number of aryl methyl sites for hydroxylation is 1. The van der Waals surface area contributed by atoms with Crippen LogP contribution in [0.3, 0.4) is 0 Å². The van der Waals surface area contributed by atoms with E-state index in [1.807, 2.05) is 25.1 Å². The molecule has 1 unspecified atom stereocenters. The van der Waals surface area contributed by atoms with Gasteiger partial charge >= 0.3 is 0 Å². The van der Waals surface area contributed by atoms with Crippen LogP contribution in [-0.4, -0.2) is 17.2 Å². The fourth-order valence-corrected chi connectivity index (χ4v) is 2.32. The minimum atomic E-state index is -0.672. The molecule has 0 saturated carbocycles. The molecular formula is C12H13NO2S. The third-order valence-corrected chi connectivity index (χ3v) is 3.32. The molecule has 0 amide bonds. The van der Waals surface area contributed by atoms with Crippen molar-refractivity contribution < 1.29 is 9.84 Å². The largest absolute Gasteiger partial charge is 0.481 e. The Morgan fingerprint density at radius 1 is 1.31 bits per heavy atom. The summed E-state index contributed by atoms with van der Waals surface area (Å²) >= 11 is 1.57. The molecule has 2 aromatic rings. The van der Waals surface area contributed by atoms with Gasteiger partial charge in [0.2, 0.25) is 5.88 Å². The summed E-state index contributed by atoms with van der Waals surface area (Å²) in [4.78, 5) is 6.29. The average Bonchev–Trinajstić information content (AvgIpc) is 2.75. The molecule has 0 aliphatic heterocycles. The number of thiophene rings is 1. The fraction of sp³-hybridized carbons (Fsp3) is 0.250. The average molecular weight is 235 g/mol. The number of nitrogens with zero attached hydrogens (tertiary/aromatic N) is 1. The van der Waals surface area contributed by atoms with Crippen molar-refractivity contribution in [1.82, 2.24) is 4.98 Å². The van der Waals surface area contributed by atoms with Crippen molar-refractivity contribution >= 4 is 11.3 Å². The molecule has 0 bridgehead atoms. The maximum Gasteiger partial charge on any atom is 0.213 e. The predicted octanol–water partition coefficient (Wildman–Crippen LogP) is 2.54. The van der Waals surface area contributed by atoms with E-state index in [-0.39, 0.29) is 0 Å². The van der Waals surface area contributed by atoms with Gasteiger partial charge in [0.1, 0.15) is 6.10 Å². The highest BCUT2D eigenvalue weighted by Crippen LogP contribution is 2.27. The highest BCUT2D eigenvalue weighted by molar-refractivity contribution is 7.12. The van der Waals surface area contributed by atoms with Crippen LogP contribution in [0.25, 0.3) is 0 Å². The van der Waals surface area contributed by atoms with Crippen LogP contribution in [0.15, 0.2) is 30.3 Å². The maximum absolute atomic E-state index is 10.1. The fourth-order valence-electron chi connectivity index (χ4n) is 1.44. The Kier molecular flexibility index (Phi) is 3.22. The monoisotopic (exact) mass is 235 g/mol. The summed E-state index contributed by atoms with van der Waals surface area (Å²) in [7, 11) is 1.56. The molecule has 2 rings (SSSR count). The van der Waals surface area contributed by atoms with Crippen LogP contribution in [0.2, 0.25) is 0 Å². The number of hydrogen-bond acceptors (Lipinski definition) is 4. The van der Waals surface area contributed by atoms with Gasteiger partial charge in [0.25, 0.3) is 0 Å². The second kappa shape index (κ2) is 4.63. The van der Waals surface area contributed by atoms with Crippen molar-refractivity contribution in [3.63, 3.8) is 0 Å². The Morgan fingerprint density at radius 3 is 2.75 bits per heavy atom. The minimum absolute atomic E-state index is 0.518. The van der Waals surface area contributed by atoms with Crippen LogP contribution < -0.4 is 4.74 Å². The molecule has 0 aromatic carbocycles. The third kappa shape index (κ3) is 2.23. The molecule has 0 radical (unpaired) electrons. The summed E-state index contributed by atoms with van der Waals surface area (Å²) in [6, 6.07) is 9.29. The quantitative estimate of drug-likeness (QED) is 0.889. The Bertz CT molecular complexity index is 481. The van der Waals surface area contributed by atoms with Crippen LogP contribution in [0.1, 0.15) is 21.6 Å². The molecule has 0 fully saturated rings. The molecule has 1 N–H and O–H groups in total. The molecule has 0 aliphatic rings. The molecule has 16 heavy (non-hydrogen) atoms. The minimum Gasteiger partial charge on any atom is -0.481 e. The highest BCUT2D eigenvalue weighted by atomic mass is 32.1. The van der Waals surface area contributed by atoms with Crippen molar-refractivity contribution in [1.29, 1.82) is 0 Å². The first-order valence-corrected chi connectivity index (χ1v) is 5.77. The summed E-state index contributed by atoms with van der Waals surface area (Å²) in [6.07, 6.45) is -0.672. The molecule has 1 atom stereocenters. The second-order valence-electron chi connectivity index (χ2n) is 3.46. The molecule has 0 aliphatic carbocycles. The van der Waals surface area contributed by atoms with Gasteiger partial charge in [-0.3, -0.25) is 0 Å². The molecule has 2 heterocycles. The van der Waals surface area contributed by atoms with Crippen LogP contribution in [0.5, 0.6) is 5.88 Å². The van der Waals surface area contributed by atoms with E-state index in [1.54, 1.807) is 30.6 Å². The number of aliphatic hydroxyl groups excluding tert-OH is 1. The van der Waals surface area contributed by atoms with E-state index >= 15 is 0 Å². The van der Waals surface area contributed by atoms with E-state index in [0.717, 1.165) is 4.88 Å². The highest BCUT2D eigenvalue weighted by Gasteiger charge is 2.14. The number of aliphatic hydroxyl groups is 1. The number of hydrogen-bond donors (Lipinski definition) is 1. The van der Waals surface area contributed by atoms with Gasteiger partial charge in [-0.2, -0.15) is 0 Å². The van der Waals surface area contributed by atoms with Gasteiger partial charge in [-0.05, 0) is 25.1 Å². The zero-order valence-electron chi connectivity index (χ0n) is 9.18. The summed E-state index contributed by atoms with van der Waals surface area (Å²) in [5, 5.41) is 10.1. The Hall–Kier alpha value is -1.39. The molecule has 2 aromatic heterocycles. The summed E-state index contributed by atoms with van der Waals surface area (Å²) in [6.45, 7) is 2.01. The van der Waals surface area contributed by atoms with Gasteiger partial charge in [0.05, 0.1) is 12.8 Å². The van der Waals surface area contributed by atoms with E-state index in [0.29, 0.717) is 11.6 Å². The van der Waals surface area contributed by atoms with Crippen LogP contribution in [0.4, 0.5) is 0 Å². The van der Waals surface area contributed by atoms with Gasteiger partial charge in [-0.25, -0.2) is 4.98 Å². The number of aromatic nitrogens is 1. The molecule has 0 spiro atoms. The van der Waals surface area contributed by atoms with Crippen LogP contribution in [-0.2, 0) is 0 Å². The van der Waals surface area contributed by atoms with Gasteiger partial charge < -0.3 is 9.84 Å². The van der Waals surface area contributed by atoms with Crippen molar-refractivity contribution in [2.24, 2.45) is 0 Å².